The molecule has 2 N–H and O–H groups in total. The normalized spacial score (nSPS) is 12.2. The van der Waals surface area contributed by atoms with Gasteiger partial charge in [-0.05, 0) is 26.7 Å². The SMILES string of the molecule is CC(=N)NCCCC(C)C(C)=O. The molecule has 0 amide bonds. The summed E-state index contributed by atoms with van der Waals surface area (Å²) in [5.74, 6) is 0.907. The van der Waals surface area contributed by atoms with E-state index in [2.05, 4.69) is 5.32 Å². The number of ketones is 1. The van der Waals surface area contributed by atoms with Crippen LogP contribution in [0.4, 0.5) is 0 Å². The molecule has 3 heteroatoms. The molecule has 0 aliphatic rings. The van der Waals surface area contributed by atoms with E-state index in [0.717, 1.165) is 19.4 Å². The first-order chi connectivity index (χ1) is 5.54. The topological polar surface area (TPSA) is 53.0 Å². The lowest BCUT2D eigenvalue weighted by Gasteiger charge is -2.07. The highest BCUT2D eigenvalue weighted by atomic mass is 16.1. The molecule has 0 rings (SSSR count). The molecule has 0 aromatic carbocycles. The van der Waals surface area contributed by atoms with Gasteiger partial charge in [0.15, 0.2) is 0 Å². The van der Waals surface area contributed by atoms with Gasteiger partial charge in [-0.1, -0.05) is 6.92 Å². The number of carbonyl (C=O) groups is 1. The van der Waals surface area contributed by atoms with Crippen molar-refractivity contribution in [2.45, 2.75) is 33.6 Å². The van der Waals surface area contributed by atoms with Crippen molar-refractivity contribution in [1.82, 2.24) is 5.32 Å². The summed E-state index contributed by atoms with van der Waals surface area (Å²) < 4.78 is 0. The Labute approximate surface area is 74.1 Å². The summed E-state index contributed by atoms with van der Waals surface area (Å²) in [6, 6.07) is 0. The van der Waals surface area contributed by atoms with E-state index in [-0.39, 0.29) is 11.7 Å². The second-order valence-corrected chi connectivity index (χ2v) is 3.21. The van der Waals surface area contributed by atoms with Crippen molar-refractivity contribution < 1.29 is 4.79 Å². The molecular weight excluding hydrogens is 152 g/mol. The molecule has 0 aliphatic heterocycles. The Kier molecular flexibility index (Phi) is 5.34. The van der Waals surface area contributed by atoms with Crippen LogP contribution in [0.3, 0.4) is 0 Å². The molecule has 0 fully saturated rings. The Morgan fingerprint density at radius 2 is 2.08 bits per heavy atom. The van der Waals surface area contributed by atoms with Gasteiger partial charge in [0.2, 0.25) is 0 Å². The smallest absolute Gasteiger partial charge is 0.132 e. The van der Waals surface area contributed by atoms with Gasteiger partial charge in [-0.25, -0.2) is 0 Å². The Morgan fingerprint density at radius 3 is 2.50 bits per heavy atom. The number of amidine groups is 1. The molecule has 3 nitrogen and oxygen atoms in total. The van der Waals surface area contributed by atoms with Crippen LogP contribution in [0.5, 0.6) is 0 Å². The lowest BCUT2D eigenvalue weighted by Crippen LogP contribution is -2.21. The monoisotopic (exact) mass is 170 g/mol. The summed E-state index contributed by atoms with van der Waals surface area (Å²) in [5, 5.41) is 10.00. The van der Waals surface area contributed by atoms with Crippen molar-refractivity contribution in [2.24, 2.45) is 5.92 Å². The van der Waals surface area contributed by atoms with Crippen LogP contribution in [0, 0.1) is 11.3 Å². The quantitative estimate of drug-likeness (QED) is 0.374. The zero-order valence-corrected chi connectivity index (χ0v) is 8.11. The van der Waals surface area contributed by atoms with E-state index in [1.54, 1.807) is 13.8 Å². The molecule has 0 bridgehead atoms. The van der Waals surface area contributed by atoms with E-state index in [4.69, 9.17) is 5.41 Å². The van der Waals surface area contributed by atoms with Crippen LogP contribution in [0.1, 0.15) is 33.6 Å². The van der Waals surface area contributed by atoms with Crippen molar-refractivity contribution in [3.63, 3.8) is 0 Å². The molecule has 0 saturated heterocycles. The Hall–Kier alpha value is -0.860. The molecule has 0 heterocycles. The molecule has 0 saturated carbocycles. The van der Waals surface area contributed by atoms with Crippen molar-refractivity contribution in [1.29, 1.82) is 5.41 Å². The highest BCUT2D eigenvalue weighted by Crippen LogP contribution is 2.05. The van der Waals surface area contributed by atoms with Gasteiger partial charge in [0, 0.05) is 12.5 Å². The van der Waals surface area contributed by atoms with E-state index < -0.39 is 0 Å². The van der Waals surface area contributed by atoms with Crippen molar-refractivity contribution in [2.75, 3.05) is 6.54 Å². The van der Waals surface area contributed by atoms with Gasteiger partial charge in [-0.3, -0.25) is 10.2 Å². The van der Waals surface area contributed by atoms with Crippen molar-refractivity contribution >= 4 is 11.6 Å². The average molecular weight is 170 g/mol. The van der Waals surface area contributed by atoms with Crippen LogP contribution in [-0.2, 0) is 4.79 Å². The van der Waals surface area contributed by atoms with E-state index in [0.29, 0.717) is 5.84 Å². The number of carbonyl (C=O) groups excluding carboxylic acids is 1. The van der Waals surface area contributed by atoms with Crippen LogP contribution in [0.2, 0.25) is 0 Å². The maximum absolute atomic E-state index is 10.8. The lowest BCUT2D eigenvalue weighted by atomic mass is 10.0. The fourth-order valence-electron chi connectivity index (χ4n) is 0.887. The summed E-state index contributed by atoms with van der Waals surface area (Å²) in [6.45, 7) is 6.08. The second-order valence-electron chi connectivity index (χ2n) is 3.21. The van der Waals surface area contributed by atoms with Crippen LogP contribution >= 0.6 is 0 Å². The summed E-state index contributed by atoms with van der Waals surface area (Å²) in [7, 11) is 0. The van der Waals surface area contributed by atoms with Gasteiger partial charge in [0.25, 0.3) is 0 Å². The van der Waals surface area contributed by atoms with Crippen LogP contribution in [-0.4, -0.2) is 18.2 Å². The van der Waals surface area contributed by atoms with Gasteiger partial charge in [-0.15, -0.1) is 0 Å². The van der Waals surface area contributed by atoms with Gasteiger partial charge in [0.1, 0.15) is 5.78 Å². The van der Waals surface area contributed by atoms with Crippen LogP contribution in [0.25, 0.3) is 0 Å². The zero-order chi connectivity index (χ0) is 9.56. The highest BCUT2D eigenvalue weighted by molar-refractivity contribution is 5.77. The molecule has 70 valence electrons. The average Bonchev–Trinajstić information content (AvgIpc) is 1.97. The van der Waals surface area contributed by atoms with Crippen LogP contribution < -0.4 is 5.32 Å². The first-order valence-corrected chi connectivity index (χ1v) is 4.33. The molecular formula is C9H18N2O. The molecule has 1 atom stereocenters. The number of Topliss-reactive ketones (excluding diaryl/α,β-unsaturated/α-hetero) is 1. The maximum atomic E-state index is 10.8. The molecule has 12 heavy (non-hydrogen) atoms. The van der Waals surface area contributed by atoms with E-state index >= 15 is 0 Å². The first kappa shape index (κ1) is 11.1. The Morgan fingerprint density at radius 1 is 1.50 bits per heavy atom. The molecule has 0 aromatic heterocycles. The summed E-state index contributed by atoms with van der Waals surface area (Å²) >= 11 is 0. The standard InChI is InChI=1S/C9H18N2O/c1-7(8(2)12)5-4-6-11-9(3)10/h7H,4-6H2,1-3H3,(H2,10,11). The number of hydrogen-bond acceptors (Lipinski definition) is 2. The first-order valence-electron chi connectivity index (χ1n) is 4.33. The summed E-state index contributed by atoms with van der Waals surface area (Å²) in [5.41, 5.74) is 0. The fourth-order valence-corrected chi connectivity index (χ4v) is 0.887. The summed E-state index contributed by atoms with van der Waals surface area (Å²) in [4.78, 5) is 10.8. The third kappa shape index (κ3) is 5.89. The second kappa shape index (κ2) is 5.75. The number of nitrogens with one attached hydrogen (secondary N) is 2. The minimum absolute atomic E-state index is 0.165. The third-order valence-corrected chi connectivity index (χ3v) is 1.90. The van der Waals surface area contributed by atoms with E-state index in [1.807, 2.05) is 6.92 Å². The molecule has 1 unspecified atom stereocenters. The third-order valence-electron chi connectivity index (χ3n) is 1.90. The summed E-state index contributed by atoms with van der Waals surface area (Å²) in [6.07, 6.45) is 1.87. The largest absolute Gasteiger partial charge is 0.374 e. The van der Waals surface area contributed by atoms with Gasteiger partial charge in [-0.2, -0.15) is 0 Å². The molecule has 0 radical (unpaired) electrons. The minimum atomic E-state index is 0.165. The fraction of sp³-hybridized carbons (Fsp3) is 0.778. The van der Waals surface area contributed by atoms with Gasteiger partial charge < -0.3 is 5.32 Å². The Bertz CT molecular complexity index is 166. The predicted molar refractivity (Wildman–Crippen MR) is 50.5 cm³/mol. The van der Waals surface area contributed by atoms with Crippen molar-refractivity contribution in [3.05, 3.63) is 0 Å². The van der Waals surface area contributed by atoms with Gasteiger partial charge >= 0.3 is 0 Å². The van der Waals surface area contributed by atoms with Gasteiger partial charge in [0.05, 0.1) is 5.84 Å². The van der Waals surface area contributed by atoms with E-state index in [1.165, 1.54) is 0 Å². The zero-order valence-electron chi connectivity index (χ0n) is 8.11. The van der Waals surface area contributed by atoms with E-state index in [9.17, 15) is 4.79 Å². The highest BCUT2D eigenvalue weighted by Gasteiger charge is 2.05. The number of hydrogen-bond donors (Lipinski definition) is 2. The molecule has 0 spiro atoms. The predicted octanol–water partition coefficient (Wildman–Crippen LogP) is 1.58. The molecule has 0 aliphatic carbocycles. The lowest BCUT2D eigenvalue weighted by molar-refractivity contribution is -0.120. The molecule has 0 aromatic rings. The van der Waals surface area contributed by atoms with Crippen LogP contribution in [0.15, 0.2) is 0 Å². The van der Waals surface area contributed by atoms with Crippen molar-refractivity contribution in [3.8, 4) is 0 Å². The minimum Gasteiger partial charge on any atom is -0.374 e. The maximum Gasteiger partial charge on any atom is 0.132 e. The Balaban J connectivity index is 3.31. The number of rotatable bonds is 5.